The third-order valence-electron chi connectivity index (χ3n) is 4.68. The lowest BCUT2D eigenvalue weighted by Crippen LogP contribution is -2.49. The van der Waals surface area contributed by atoms with Crippen molar-refractivity contribution in [1.29, 1.82) is 5.26 Å². The predicted octanol–water partition coefficient (Wildman–Crippen LogP) is 3.96. The molecule has 5 nitrogen and oxygen atoms in total. The van der Waals surface area contributed by atoms with Crippen molar-refractivity contribution >= 4 is 28.9 Å². The molecule has 0 atom stereocenters. The molecule has 0 unspecified atom stereocenters. The second-order valence-electron chi connectivity index (χ2n) is 6.53. The average Bonchev–Trinajstić information content (AvgIpc) is 2.71. The number of rotatable bonds is 4. The minimum Gasteiger partial charge on any atom is -0.368 e. The lowest BCUT2D eigenvalue weighted by atomic mass is 10.2. The van der Waals surface area contributed by atoms with Crippen LogP contribution >= 0.6 is 11.6 Å². The van der Waals surface area contributed by atoms with Crippen molar-refractivity contribution in [3.05, 3.63) is 70.6 Å². The smallest absolute Gasteiger partial charge is 0.266 e. The topological polar surface area (TPSA) is 59.4 Å². The van der Waals surface area contributed by atoms with Crippen LogP contribution in [0.15, 0.2) is 54.2 Å². The molecule has 0 spiro atoms. The number of hydrogen-bond acceptors (Lipinski definition) is 4. The van der Waals surface area contributed by atoms with Gasteiger partial charge in [-0.3, -0.25) is 4.79 Å². The molecular formula is C21H20ClFN4O. The summed E-state index contributed by atoms with van der Waals surface area (Å²) in [5.41, 5.74) is 2.66. The van der Waals surface area contributed by atoms with Crippen molar-refractivity contribution in [1.82, 2.24) is 4.90 Å². The molecule has 1 heterocycles. The molecular weight excluding hydrogens is 379 g/mol. The summed E-state index contributed by atoms with van der Waals surface area (Å²) in [6.07, 6.45) is 1.42. The number of amides is 1. The van der Waals surface area contributed by atoms with Crippen LogP contribution in [0, 0.1) is 24.1 Å². The lowest BCUT2D eigenvalue weighted by molar-refractivity contribution is -0.127. The molecule has 1 aliphatic heterocycles. The fraction of sp³-hybridized carbons (Fsp3) is 0.238. The van der Waals surface area contributed by atoms with Crippen LogP contribution in [0.4, 0.5) is 15.8 Å². The molecule has 28 heavy (non-hydrogen) atoms. The number of hydrogen-bond donors (Lipinski definition) is 1. The van der Waals surface area contributed by atoms with Crippen LogP contribution in [0.25, 0.3) is 0 Å². The zero-order chi connectivity index (χ0) is 20.1. The van der Waals surface area contributed by atoms with Gasteiger partial charge in [0.1, 0.15) is 17.5 Å². The van der Waals surface area contributed by atoms with Crippen molar-refractivity contribution in [3.8, 4) is 6.07 Å². The monoisotopic (exact) mass is 398 g/mol. The first-order valence-electron chi connectivity index (χ1n) is 8.90. The maximum absolute atomic E-state index is 13.1. The van der Waals surface area contributed by atoms with Gasteiger partial charge in [0.2, 0.25) is 0 Å². The fourth-order valence-corrected chi connectivity index (χ4v) is 3.20. The third-order valence-corrected chi connectivity index (χ3v) is 4.92. The van der Waals surface area contributed by atoms with E-state index in [2.05, 4.69) is 10.2 Å². The minimum atomic E-state index is -0.312. The highest BCUT2D eigenvalue weighted by molar-refractivity contribution is 6.30. The molecule has 0 radical (unpaired) electrons. The van der Waals surface area contributed by atoms with Gasteiger partial charge in [-0.15, -0.1) is 0 Å². The molecule has 1 N–H and O–H groups in total. The van der Waals surface area contributed by atoms with Crippen LogP contribution in [0.5, 0.6) is 0 Å². The van der Waals surface area contributed by atoms with Crippen molar-refractivity contribution in [3.63, 3.8) is 0 Å². The molecule has 2 aromatic rings. The van der Waals surface area contributed by atoms with E-state index in [0.29, 0.717) is 31.2 Å². The van der Waals surface area contributed by atoms with Gasteiger partial charge in [0.05, 0.1) is 0 Å². The predicted molar refractivity (Wildman–Crippen MR) is 109 cm³/mol. The van der Waals surface area contributed by atoms with E-state index in [1.807, 2.05) is 19.1 Å². The molecule has 1 saturated heterocycles. The number of halogens is 2. The molecule has 1 aliphatic rings. The van der Waals surface area contributed by atoms with E-state index in [1.165, 1.54) is 18.3 Å². The van der Waals surface area contributed by atoms with Gasteiger partial charge in [-0.25, -0.2) is 4.39 Å². The number of nitriles is 1. The number of carbonyl (C=O) groups is 1. The molecule has 0 saturated carbocycles. The summed E-state index contributed by atoms with van der Waals surface area (Å²) >= 11 is 6.00. The molecule has 1 fully saturated rings. The Hall–Kier alpha value is -3.04. The summed E-state index contributed by atoms with van der Waals surface area (Å²) < 4.78 is 13.1. The van der Waals surface area contributed by atoms with Gasteiger partial charge in [-0.05, 0) is 48.9 Å². The van der Waals surface area contributed by atoms with Crippen molar-refractivity contribution in [2.75, 3.05) is 36.4 Å². The normalized spacial score (nSPS) is 14.6. The van der Waals surface area contributed by atoms with Crippen molar-refractivity contribution in [2.24, 2.45) is 0 Å². The van der Waals surface area contributed by atoms with Crippen LogP contribution in [0.1, 0.15) is 5.56 Å². The van der Waals surface area contributed by atoms with Gasteiger partial charge in [0.25, 0.3) is 5.91 Å². The molecule has 0 bridgehead atoms. The van der Waals surface area contributed by atoms with E-state index in [4.69, 9.17) is 11.6 Å². The highest BCUT2D eigenvalue weighted by Gasteiger charge is 2.24. The number of aryl methyl sites for hydroxylation is 1. The molecule has 144 valence electrons. The van der Waals surface area contributed by atoms with E-state index in [0.717, 1.165) is 16.9 Å². The molecule has 0 aromatic heterocycles. The Morgan fingerprint density at radius 2 is 1.86 bits per heavy atom. The van der Waals surface area contributed by atoms with Crippen molar-refractivity contribution < 1.29 is 9.18 Å². The summed E-state index contributed by atoms with van der Waals surface area (Å²) in [5, 5.41) is 13.0. The quantitative estimate of drug-likeness (QED) is 0.625. The van der Waals surface area contributed by atoms with Crippen LogP contribution in [0.3, 0.4) is 0 Å². The van der Waals surface area contributed by atoms with Crippen LogP contribution in [-0.4, -0.2) is 37.0 Å². The highest BCUT2D eigenvalue weighted by atomic mass is 35.5. The maximum atomic E-state index is 13.1. The molecule has 7 heteroatoms. The standard InChI is InChI=1S/C21H20ClFN4O/c1-15-2-3-17(22)12-20(15)25-14-16(13-24)21(28)27-10-8-26(9-11-27)19-6-4-18(23)5-7-19/h2-7,12,14,25H,8-11H2,1H3/b16-14-. The SMILES string of the molecule is Cc1ccc(Cl)cc1N/C=C(/C#N)C(=O)N1CCN(c2ccc(F)cc2)CC1. The third kappa shape index (κ3) is 4.62. The summed E-state index contributed by atoms with van der Waals surface area (Å²) in [6.45, 7) is 4.14. The highest BCUT2D eigenvalue weighted by Crippen LogP contribution is 2.21. The van der Waals surface area contributed by atoms with Gasteiger partial charge >= 0.3 is 0 Å². The van der Waals surface area contributed by atoms with Gasteiger partial charge in [0.15, 0.2) is 0 Å². The van der Waals surface area contributed by atoms with E-state index >= 15 is 0 Å². The fourth-order valence-electron chi connectivity index (χ4n) is 3.03. The maximum Gasteiger partial charge on any atom is 0.266 e. The number of anilines is 2. The van der Waals surface area contributed by atoms with E-state index in [-0.39, 0.29) is 17.3 Å². The second kappa shape index (κ2) is 8.77. The van der Waals surface area contributed by atoms with Crippen LogP contribution < -0.4 is 10.2 Å². The Labute approximate surface area is 168 Å². The van der Waals surface area contributed by atoms with Gasteiger partial charge in [-0.2, -0.15) is 5.26 Å². The number of benzene rings is 2. The van der Waals surface area contributed by atoms with Gasteiger partial charge in [-0.1, -0.05) is 17.7 Å². The zero-order valence-electron chi connectivity index (χ0n) is 15.5. The number of carbonyl (C=O) groups excluding carboxylic acids is 1. The largest absolute Gasteiger partial charge is 0.368 e. The van der Waals surface area contributed by atoms with Gasteiger partial charge in [0, 0.05) is 48.8 Å². The van der Waals surface area contributed by atoms with Crippen molar-refractivity contribution in [2.45, 2.75) is 6.92 Å². The zero-order valence-corrected chi connectivity index (χ0v) is 16.2. The van der Waals surface area contributed by atoms with Crippen LogP contribution in [0.2, 0.25) is 5.02 Å². The second-order valence-corrected chi connectivity index (χ2v) is 6.97. The Morgan fingerprint density at radius 3 is 2.50 bits per heavy atom. The molecule has 1 amide bonds. The Morgan fingerprint density at radius 1 is 1.18 bits per heavy atom. The van der Waals surface area contributed by atoms with E-state index in [1.54, 1.807) is 29.2 Å². The molecule has 3 rings (SSSR count). The summed E-state index contributed by atoms with van der Waals surface area (Å²) in [7, 11) is 0. The van der Waals surface area contributed by atoms with E-state index < -0.39 is 0 Å². The first-order valence-corrected chi connectivity index (χ1v) is 9.28. The Balaban J connectivity index is 1.63. The molecule has 2 aromatic carbocycles. The molecule has 0 aliphatic carbocycles. The Bertz CT molecular complexity index is 928. The van der Waals surface area contributed by atoms with E-state index in [9.17, 15) is 14.4 Å². The minimum absolute atomic E-state index is 0.0367. The Kier molecular flexibility index (Phi) is 6.17. The first kappa shape index (κ1) is 19.7. The summed E-state index contributed by atoms with van der Waals surface area (Å²) in [4.78, 5) is 16.4. The first-order chi connectivity index (χ1) is 13.5. The average molecular weight is 399 g/mol. The van der Waals surface area contributed by atoms with Gasteiger partial charge < -0.3 is 15.1 Å². The number of piperazine rings is 1. The summed E-state index contributed by atoms with van der Waals surface area (Å²) in [5.74, 6) is -0.586. The summed E-state index contributed by atoms with van der Waals surface area (Å²) in [6, 6.07) is 13.7. The lowest BCUT2D eigenvalue weighted by Gasteiger charge is -2.36. The number of nitrogens with zero attached hydrogens (tertiary/aromatic N) is 3. The number of nitrogens with one attached hydrogen (secondary N) is 1. The van der Waals surface area contributed by atoms with Crippen LogP contribution in [-0.2, 0) is 4.79 Å².